The Labute approximate surface area is 191 Å². The highest BCUT2D eigenvalue weighted by Crippen LogP contribution is 2.38. The van der Waals surface area contributed by atoms with Crippen LogP contribution < -0.4 is 15.6 Å². The van der Waals surface area contributed by atoms with E-state index in [0.717, 1.165) is 25.9 Å². The van der Waals surface area contributed by atoms with Gasteiger partial charge in [-0.25, -0.2) is 4.39 Å². The Bertz CT molecular complexity index is 1230. The summed E-state index contributed by atoms with van der Waals surface area (Å²) in [4.78, 5) is 30.3. The van der Waals surface area contributed by atoms with Gasteiger partial charge in [-0.15, -0.1) is 0 Å². The number of aliphatic hydroxyl groups is 1. The van der Waals surface area contributed by atoms with Gasteiger partial charge in [0.1, 0.15) is 11.4 Å². The number of amides is 1. The number of carbonyl (C=O) groups excluding carboxylic acids is 1. The Hall–Kier alpha value is -3.23. The van der Waals surface area contributed by atoms with Gasteiger partial charge in [-0.2, -0.15) is 0 Å². The zero-order valence-corrected chi connectivity index (χ0v) is 18.3. The Balaban J connectivity index is 1.52. The molecule has 0 radical (unpaired) electrons. The lowest BCUT2D eigenvalue weighted by molar-refractivity contribution is 0.102. The van der Waals surface area contributed by atoms with Gasteiger partial charge in [-0.05, 0) is 37.1 Å². The molecule has 3 aromatic rings. The van der Waals surface area contributed by atoms with E-state index in [0.29, 0.717) is 36.5 Å². The number of benzene rings is 2. The van der Waals surface area contributed by atoms with E-state index in [1.54, 1.807) is 36.5 Å². The molecule has 0 spiro atoms. The number of rotatable bonds is 6. The van der Waals surface area contributed by atoms with Crippen molar-refractivity contribution in [3.8, 4) is 0 Å². The van der Waals surface area contributed by atoms with Crippen molar-refractivity contribution in [1.82, 2.24) is 9.47 Å². The minimum Gasteiger partial charge on any atom is -0.395 e. The predicted octanol–water partition coefficient (Wildman–Crippen LogP) is 2.84. The summed E-state index contributed by atoms with van der Waals surface area (Å²) in [5.41, 5.74) is 1.28. The van der Waals surface area contributed by atoms with Gasteiger partial charge in [0.15, 0.2) is 0 Å². The van der Waals surface area contributed by atoms with Crippen LogP contribution in [0.15, 0.2) is 53.5 Å². The van der Waals surface area contributed by atoms with Crippen LogP contribution in [0.2, 0.25) is 0 Å². The largest absolute Gasteiger partial charge is 0.395 e. The van der Waals surface area contributed by atoms with E-state index in [2.05, 4.69) is 10.2 Å². The molecule has 1 saturated heterocycles. The van der Waals surface area contributed by atoms with Gasteiger partial charge in [-0.1, -0.05) is 18.2 Å². The summed E-state index contributed by atoms with van der Waals surface area (Å²) in [6.07, 6.45) is 3.55. The van der Waals surface area contributed by atoms with E-state index in [9.17, 15) is 9.59 Å². The number of fused-ring (bicyclic) bond motifs is 1. The number of anilines is 2. The third-order valence-corrected chi connectivity index (χ3v) is 6.45. The fourth-order valence-electron chi connectivity index (χ4n) is 4.49. The molecule has 5 rings (SSSR count). The van der Waals surface area contributed by atoms with Crippen molar-refractivity contribution >= 4 is 28.2 Å². The van der Waals surface area contributed by atoms with E-state index in [-0.39, 0.29) is 23.6 Å². The van der Waals surface area contributed by atoms with Gasteiger partial charge in [-0.3, -0.25) is 14.5 Å². The standard InChI is InChI=1S/C25H27FN4O3/c26-21-14-19-22(15-23(21)29-10-8-28(9-11-29)12-13-31)30(18-6-7-18)16-20(24(19)32)25(33)27-17-4-2-1-3-5-17/h1-5,14-16,18,31H,6-13H2,(H,27,33). The molecule has 0 bridgehead atoms. The summed E-state index contributed by atoms with van der Waals surface area (Å²) in [6, 6.07) is 12.2. The molecule has 0 atom stereocenters. The van der Waals surface area contributed by atoms with E-state index in [4.69, 9.17) is 5.11 Å². The number of pyridine rings is 1. The summed E-state index contributed by atoms with van der Waals surface area (Å²) < 4.78 is 17.2. The third kappa shape index (κ3) is 4.36. The molecule has 2 N–H and O–H groups in total. The molecule has 33 heavy (non-hydrogen) atoms. The van der Waals surface area contributed by atoms with E-state index >= 15 is 4.39 Å². The summed E-state index contributed by atoms with van der Waals surface area (Å²) >= 11 is 0. The quantitative estimate of drug-likeness (QED) is 0.604. The number of nitrogens with zero attached hydrogens (tertiary/aromatic N) is 3. The van der Waals surface area contributed by atoms with Crippen LogP contribution in [0.3, 0.4) is 0 Å². The number of halogens is 1. The molecule has 2 fully saturated rings. The van der Waals surface area contributed by atoms with Gasteiger partial charge in [0.05, 0.1) is 17.8 Å². The van der Waals surface area contributed by atoms with Gasteiger partial charge in [0.2, 0.25) is 5.43 Å². The molecule has 2 heterocycles. The maximum Gasteiger partial charge on any atom is 0.261 e. The van der Waals surface area contributed by atoms with Crippen LogP contribution in [0.4, 0.5) is 15.8 Å². The lowest BCUT2D eigenvalue weighted by Gasteiger charge is -2.36. The van der Waals surface area contributed by atoms with E-state index < -0.39 is 17.2 Å². The first-order valence-corrected chi connectivity index (χ1v) is 11.4. The predicted molar refractivity (Wildman–Crippen MR) is 127 cm³/mol. The summed E-state index contributed by atoms with van der Waals surface area (Å²) in [7, 11) is 0. The number of hydrogen-bond donors (Lipinski definition) is 2. The normalized spacial score (nSPS) is 16.8. The lowest BCUT2D eigenvalue weighted by Crippen LogP contribution is -2.47. The van der Waals surface area contributed by atoms with Crippen molar-refractivity contribution < 1.29 is 14.3 Å². The smallest absolute Gasteiger partial charge is 0.261 e. The van der Waals surface area contributed by atoms with Crippen LogP contribution in [-0.2, 0) is 0 Å². The molecule has 1 saturated carbocycles. The van der Waals surface area contributed by atoms with Crippen molar-refractivity contribution in [2.24, 2.45) is 0 Å². The second-order valence-electron chi connectivity index (χ2n) is 8.70. The number of aromatic nitrogens is 1. The number of carbonyl (C=O) groups is 1. The summed E-state index contributed by atoms with van der Waals surface area (Å²) in [6.45, 7) is 3.50. The number of hydrogen-bond acceptors (Lipinski definition) is 5. The number of para-hydroxylation sites is 1. The summed E-state index contributed by atoms with van der Waals surface area (Å²) in [5.74, 6) is -0.954. The Morgan fingerprint density at radius 1 is 1.09 bits per heavy atom. The van der Waals surface area contributed by atoms with Gasteiger partial charge < -0.3 is 19.9 Å². The van der Waals surface area contributed by atoms with Crippen molar-refractivity contribution in [1.29, 1.82) is 0 Å². The molecule has 1 aliphatic carbocycles. The molecule has 1 aliphatic heterocycles. The number of aliphatic hydroxyl groups excluding tert-OH is 1. The number of nitrogens with one attached hydrogen (secondary N) is 1. The molecule has 1 amide bonds. The molecule has 8 heteroatoms. The number of β-amino-alcohol motifs (C(OH)–C–C–N with tert-alkyl or cyclic N) is 1. The third-order valence-electron chi connectivity index (χ3n) is 6.45. The van der Waals surface area contributed by atoms with E-state index in [1.807, 2.05) is 15.5 Å². The topological polar surface area (TPSA) is 77.8 Å². The second kappa shape index (κ2) is 8.96. The number of piperazine rings is 1. The maximum atomic E-state index is 15.2. The van der Waals surface area contributed by atoms with Crippen LogP contribution in [0.5, 0.6) is 0 Å². The molecule has 172 valence electrons. The molecule has 2 aliphatic rings. The molecule has 0 unspecified atom stereocenters. The lowest BCUT2D eigenvalue weighted by atomic mass is 10.1. The van der Waals surface area contributed by atoms with Crippen molar-refractivity contribution in [2.45, 2.75) is 18.9 Å². The highest BCUT2D eigenvalue weighted by atomic mass is 19.1. The second-order valence-corrected chi connectivity index (χ2v) is 8.70. The van der Waals surface area contributed by atoms with Crippen LogP contribution in [-0.4, -0.2) is 59.8 Å². The molecular weight excluding hydrogens is 423 g/mol. The first kappa shape index (κ1) is 21.6. The molecule has 7 nitrogen and oxygen atoms in total. The van der Waals surface area contributed by atoms with Gasteiger partial charge in [0.25, 0.3) is 5.91 Å². The van der Waals surface area contributed by atoms with Gasteiger partial charge in [0, 0.05) is 56.0 Å². The van der Waals surface area contributed by atoms with Crippen LogP contribution in [0.1, 0.15) is 29.2 Å². The molecular formula is C25H27FN4O3. The van der Waals surface area contributed by atoms with Crippen LogP contribution in [0.25, 0.3) is 10.9 Å². The molecule has 2 aromatic carbocycles. The Morgan fingerprint density at radius 2 is 1.82 bits per heavy atom. The van der Waals surface area contributed by atoms with E-state index in [1.165, 1.54) is 6.07 Å². The van der Waals surface area contributed by atoms with Crippen LogP contribution >= 0.6 is 0 Å². The fourth-order valence-corrected chi connectivity index (χ4v) is 4.49. The maximum absolute atomic E-state index is 15.2. The fraction of sp³-hybridized carbons (Fsp3) is 0.360. The SMILES string of the molecule is O=C(Nc1ccccc1)c1cn(C2CC2)c2cc(N3CCN(CCO)CC3)c(F)cc2c1=O. The molecule has 1 aromatic heterocycles. The zero-order chi connectivity index (χ0) is 22.9. The average Bonchev–Trinajstić information content (AvgIpc) is 3.66. The minimum absolute atomic E-state index is 0.0167. The first-order chi connectivity index (χ1) is 16.0. The van der Waals surface area contributed by atoms with Crippen molar-refractivity contribution in [2.75, 3.05) is 49.5 Å². The average molecular weight is 451 g/mol. The van der Waals surface area contributed by atoms with Gasteiger partial charge >= 0.3 is 0 Å². The Morgan fingerprint density at radius 3 is 2.48 bits per heavy atom. The highest BCUT2D eigenvalue weighted by Gasteiger charge is 2.28. The summed E-state index contributed by atoms with van der Waals surface area (Å²) in [5, 5.41) is 12.1. The minimum atomic E-state index is -0.494. The zero-order valence-electron chi connectivity index (χ0n) is 18.3. The van der Waals surface area contributed by atoms with Crippen molar-refractivity contribution in [3.05, 3.63) is 70.3 Å². The van der Waals surface area contributed by atoms with Crippen molar-refractivity contribution in [3.63, 3.8) is 0 Å². The monoisotopic (exact) mass is 450 g/mol. The first-order valence-electron chi connectivity index (χ1n) is 11.4. The highest BCUT2D eigenvalue weighted by molar-refractivity contribution is 6.06. The Kier molecular flexibility index (Phi) is 5.86. The van der Waals surface area contributed by atoms with Crippen LogP contribution in [0, 0.1) is 5.82 Å².